The Kier molecular flexibility index (Phi) is 7.46. The second-order valence-electron chi connectivity index (χ2n) is 7.96. The molecule has 3 aliphatic rings. The van der Waals surface area contributed by atoms with Gasteiger partial charge >= 0.3 is 0 Å². The predicted molar refractivity (Wildman–Crippen MR) is 123 cm³/mol. The van der Waals surface area contributed by atoms with E-state index < -0.39 is 0 Å². The highest BCUT2D eigenvalue weighted by Crippen LogP contribution is 2.32. The molecular formula is C22H31ClN4O2S. The minimum atomic E-state index is -0.00749. The number of halogens is 1. The summed E-state index contributed by atoms with van der Waals surface area (Å²) in [5, 5.41) is 0.766. The number of thioether (sulfide) groups is 1. The van der Waals surface area contributed by atoms with Crippen molar-refractivity contribution >= 4 is 29.2 Å². The van der Waals surface area contributed by atoms with Gasteiger partial charge in [0.2, 0.25) is 0 Å². The average Bonchev–Trinajstić information content (AvgIpc) is 3.12. The van der Waals surface area contributed by atoms with Gasteiger partial charge in [0.15, 0.2) is 17.6 Å². The first-order valence-electron chi connectivity index (χ1n) is 10.7. The summed E-state index contributed by atoms with van der Waals surface area (Å²) in [6.07, 6.45) is 8.73. The molecule has 0 radical (unpaired) electrons. The van der Waals surface area contributed by atoms with Crippen LogP contribution in [0.1, 0.15) is 31.2 Å². The van der Waals surface area contributed by atoms with Crippen LogP contribution in [0.25, 0.3) is 0 Å². The number of aliphatic imine (C=N–C) groups is 1. The third-order valence-electron chi connectivity index (χ3n) is 5.61. The van der Waals surface area contributed by atoms with Crippen LogP contribution in [0.15, 0.2) is 41.2 Å². The van der Waals surface area contributed by atoms with Crippen LogP contribution >= 0.6 is 23.4 Å². The third kappa shape index (κ3) is 5.25. The molecule has 1 aromatic rings. The van der Waals surface area contributed by atoms with Gasteiger partial charge in [0, 0.05) is 38.0 Å². The van der Waals surface area contributed by atoms with Gasteiger partial charge in [0.25, 0.3) is 0 Å². The van der Waals surface area contributed by atoms with Crippen molar-refractivity contribution in [1.82, 2.24) is 14.7 Å². The Labute approximate surface area is 188 Å². The van der Waals surface area contributed by atoms with Gasteiger partial charge in [-0.1, -0.05) is 23.7 Å². The number of hydrogen-bond donors (Lipinski definition) is 0. The van der Waals surface area contributed by atoms with Crippen LogP contribution in [0.2, 0.25) is 5.02 Å². The molecule has 3 heterocycles. The molecular weight excluding hydrogens is 420 g/mol. The summed E-state index contributed by atoms with van der Waals surface area (Å²) in [7, 11) is 2.12. The van der Waals surface area contributed by atoms with Crippen LogP contribution in [0.4, 0.5) is 0 Å². The van der Waals surface area contributed by atoms with E-state index in [-0.39, 0.29) is 11.8 Å². The molecule has 3 aliphatic heterocycles. The van der Waals surface area contributed by atoms with E-state index >= 15 is 0 Å². The Morgan fingerprint density at radius 3 is 2.83 bits per heavy atom. The Hall–Kier alpha value is -1.41. The van der Waals surface area contributed by atoms with Crippen LogP contribution in [-0.4, -0.2) is 72.1 Å². The van der Waals surface area contributed by atoms with Crippen molar-refractivity contribution < 1.29 is 9.47 Å². The number of fused-ring (bicyclic) bond motifs is 1. The fourth-order valence-corrected chi connectivity index (χ4v) is 4.83. The molecule has 1 aromatic carbocycles. The summed E-state index contributed by atoms with van der Waals surface area (Å²) >= 11 is 7.82. The second kappa shape index (κ2) is 10.3. The highest BCUT2D eigenvalue weighted by Gasteiger charge is 2.35. The quantitative estimate of drug-likeness (QED) is 0.553. The van der Waals surface area contributed by atoms with Crippen molar-refractivity contribution in [2.45, 2.75) is 44.0 Å². The number of ether oxygens (including phenoxy) is 2. The standard InChI is InChI=1S/C22H31ClN4O2S/c1-25-16-26(11-5-13-29-20-6-3-4-12-28-20)15-19-21(25)24-22(30-2)27(19)14-17-7-9-18(23)10-8-17/h7-10,15,20,22H,3-6,11-14,16H2,1-2H3. The maximum Gasteiger partial charge on any atom is 0.171 e. The molecule has 0 spiro atoms. The summed E-state index contributed by atoms with van der Waals surface area (Å²) in [5.41, 5.74) is 2.52. The summed E-state index contributed by atoms with van der Waals surface area (Å²) < 4.78 is 11.6. The lowest BCUT2D eigenvalue weighted by Crippen LogP contribution is -2.44. The smallest absolute Gasteiger partial charge is 0.171 e. The van der Waals surface area contributed by atoms with Gasteiger partial charge in [-0.05, 0) is 49.6 Å². The molecule has 2 unspecified atom stereocenters. The van der Waals surface area contributed by atoms with Crippen LogP contribution in [0, 0.1) is 0 Å². The number of likely N-dealkylation sites (N-methyl/N-ethyl adjacent to an activating group) is 1. The van der Waals surface area contributed by atoms with Crippen molar-refractivity contribution in [3.8, 4) is 0 Å². The maximum atomic E-state index is 6.06. The number of rotatable bonds is 8. The van der Waals surface area contributed by atoms with Gasteiger partial charge in [-0.15, -0.1) is 11.8 Å². The van der Waals surface area contributed by atoms with E-state index in [4.69, 9.17) is 26.1 Å². The SMILES string of the molecule is CSC1N=C2C(=CN(CCCOC3CCCCO3)CN2C)N1Cc1ccc(Cl)cc1. The molecule has 164 valence electrons. The van der Waals surface area contributed by atoms with E-state index in [0.717, 1.165) is 63.1 Å². The first-order chi connectivity index (χ1) is 14.6. The molecule has 0 aromatic heterocycles. The van der Waals surface area contributed by atoms with Crippen molar-refractivity contribution in [3.05, 3.63) is 46.7 Å². The van der Waals surface area contributed by atoms with Crippen molar-refractivity contribution in [2.24, 2.45) is 4.99 Å². The van der Waals surface area contributed by atoms with Crippen LogP contribution in [0.3, 0.4) is 0 Å². The summed E-state index contributed by atoms with van der Waals surface area (Å²) in [6, 6.07) is 8.08. The fourth-order valence-electron chi connectivity index (χ4n) is 4.06. The van der Waals surface area contributed by atoms with Gasteiger partial charge in [0.05, 0.1) is 19.0 Å². The Bertz CT molecular complexity index is 767. The van der Waals surface area contributed by atoms with Gasteiger partial charge in [-0.3, -0.25) is 0 Å². The molecule has 0 aliphatic carbocycles. The maximum absolute atomic E-state index is 6.06. The molecule has 4 rings (SSSR count). The van der Waals surface area contributed by atoms with E-state index in [1.54, 1.807) is 11.8 Å². The number of hydrogen-bond acceptors (Lipinski definition) is 7. The molecule has 0 saturated carbocycles. The molecule has 8 heteroatoms. The van der Waals surface area contributed by atoms with Crippen molar-refractivity contribution in [1.29, 1.82) is 0 Å². The van der Waals surface area contributed by atoms with Crippen molar-refractivity contribution in [3.63, 3.8) is 0 Å². The Balaban J connectivity index is 1.38. The molecule has 2 atom stereocenters. The first-order valence-corrected chi connectivity index (χ1v) is 12.3. The first kappa shape index (κ1) is 21.8. The highest BCUT2D eigenvalue weighted by atomic mass is 35.5. The molecule has 1 saturated heterocycles. The molecule has 0 amide bonds. The normalized spacial score (nSPS) is 24.0. The van der Waals surface area contributed by atoms with Gasteiger partial charge in [-0.25, -0.2) is 4.99 Å². The van der Waals surface area contributed by atoms with Gasteiger partial charge in [0.1, 0.15) is 0 Å². The zero-order chi connectivity index (χ0) is 20.9. The fraction of sp³-hybridized carbons (Fsp3) is 0.591. The number of benzene rings is 1. The second-order valence-corrected chi connectivity index (χ2v) is 9.29. The van der Waals surface area contributed by atoms with E-state index in [1.807, 2.05) is 12.1 Å². The average molecular weight is 451 g/mol. The molecule has 30 heavy (non-hydrogen) atoms. The Morgan fingerprint density at radius 2 is 2.10 bits per heavy atom. The third-order valence-corrected chi connectivity index (χ3v) is 6.64. The van der Waals surface area contributed by atoms with Crippen LogP contribution in [0.5, 0.6) is 0 Å². The largest absolute Gasteiger partial charge is 0.358 e. The van der Waals surface area contributed by atoms with Crippen LogP contribution < -0.4 is 0 Å². The lowest BCUT2D eigenvalue weighted by Gasteiger charge is -2.36. The lowest BCUT2D eigenvalue weighted by molar-refractivity contribution is -0.163. The molecule has 6 nitrogen and oxygen atoms in total. The predicted octanol–water partition coefficient (Wildman–Crippen LogP) is 4.18. The van der Waals surface area contributed by atoms with Crippen LogP contribution in [-0.2, 0) is 16.0 Å². The van der Waals surface area contributed by atoms with Crippen molar-refractivity contribution in [2.75, 3.05) is 39.7 Å². The zero-order valence-corrected chi connectivity index (χ0v) is 19.4. The molecule has 1 fully saturated rings. The summed E-state index contributed by atoms with van der Waals surface area (Å²) in [5.74, 6) is 1.08. The van der Waals surface area contributed by atoms with E-state index in [1.165, 1.54) is 17.7 Å². The summed E-state index contributed by atoms with van der Waals surface area (Å²) in [4.78, 5) is 11.9. The molecule has 0 bridgehead atoms. The zero-order valence-electron chi connectivity index (χ0n) is 17.8. The topological polar surface area (TPSA) is 40.5 Å². The van der Waals surface area contributed by atoms with E-state index in [9.17, 15) is 0 Å². The number of nitrogens with zero attached hydrogens (tertiary/aromatic N) is 4. The summed E-state index contributed by atoms with van der Waals surface area (Å²) in [6.45, 7) is 4.17. The minimum absolute atomic E-state index is 0.00749. The lowest BCUT2D eigenvalue weighted by atomic mass is 10.2. The van der Waals surface area contributed by atoms with Gasteiger partial charge < -0.3 is 24.2 Å². The monoisotopic (exact) mass is 450 g/mol. The van der Waals surface area contributed by atoms with Gasteiger partial charge in [-0.2, -0.15) is 0 Å². The van der Waals surface area contributed by atoms with E-state index in [0.29, 0.717) is 0 Å². The minimum Gasteiger partial charge on any atom is -0.358 e. The van der Waals surface area contributed by atoms with E-state index in [2.05, 4.69) is 46.3 Å². The number of amidine groups is 1. The highest BCUT2D eigenvalue weighted by molar-refractivity contribution is 7.99. The molecule has 0 N–H and O–H groups in total. The Morgan fingerprint density at radius 1 is 1.27 bits per heavy atom.